The van der Waals surface area contributed by atoms with E-state index in [1.165, 1.54) is 13.1 Å². The monoisotopic (exact) mass is 400 g/mol. The number of amides is 1. The lowest BCUT2D eigenvalue weighted by Crippen LogP contribution is -2.26. The quantitative estimate of drug-likeness (QED) is 0.681. The average Bonchev–Trinajstić information content (AvgIpc) is 3.14. The van der Waals surface area contributed by atoms with Crippen LogP contribution in [0.15, 0.2) is 53.1 Å². The van der Waals surface area contributed by atoms with Gasteiger partial charge in [-0.1, -0.05) is 41.1 Å². The predicted octanol–water partition coefficient (Wildman–Crippen LogP) is 2.37. The molecule has 0 aliphatic rings. The largest absolute Gasteiger partial charge is 0.343 e. The van der Waals surface area contributed by atoms with E-state index in [4.69, 9.17) is 4.52 Å². The predicted molar refractivity (Wildman–Crippen MR) is 105 cm³/mol. The summed E-state index contributed by atoms with van der Waals surface area (Å²) in [5, 5.41) is 6.61. The van der Waals surface area contributed by atoms with Gasteiger partial charge in [0, 0.05) is 18.2 Å². The molecule has 0 saturated heterocycles. The Balaban J connectivity index is 1.67. The molecule has 3 aromatic rings. The van der Waals surface area contributed by atoms with Crippen LogP contribution >= 0.6 is 0 Å². The summed E-state index contributed by atoms with van der Waals surface area (Å²) in [6, 6.07) is 14.0. The maximum absolute atomic E-state index is 12.4. The second-order valence-corrected chi connectivity index (χ2v) is 8.36. The molecule has 0 radical (unpaired) electrons. The van der Waals surface area contributed by atoms with Crippen molar-refractivity contribution in [1.29, 1.82) is 0 Å². The molecular weight excluding hydrogens is 380 g/mol. The first-order valence-electron chi connectivity index (χ1n) is 8.46. The number of carbonyl (C=O) groups excluding carboxylic acids is 1. The molecule has 28 heavy (non-hydrogen) atoms. The Kier molecular flexibility index (Phi) is 5.46. The van der Waals surface area contributed by atoms with Gasteiger partial charge in [-0.2, -0.15) is 4.98 Å². The number of aryl methyl sites for hydroxylation is 1. The van der Waals surface area contributed by atoms with Gasteiger partial charge >= 0.3 is 0 Å². The Labute approximate surface area is 163 Å². The topological polar surface area (TPSA) is 105 Å². The van der Waals surface area contributed by atoms with Gasteiger partial charge in [-0.25, -0.2) is 8.42 Å². The third kappa shape index (κ3) is 4.55. The molecule has 0 bridgehead atoms. The van der Waals surface area contributed by atoms with Crippen molar-refractivity contribution < 1.29 is 17.7 Å². The number of anilines is 1. The summed E-state index contributed by atoms with van der Waals surface area (Å²) in [6.45, 7) is 2.05. The zero-order valence-corrected chi connectivity index (χ0v) is 16.5. The summed E-state index contributed by atoms with van der Waals surface area (Å²) in [4.78, 5) is 16.7. The van der Waals surface area contributed by atoms with E-state index in [9.17, 15) is 13.2 Å². The molecule has 0 aliphatic carbocycles. The Morgan fingerprint density at radius 3 is 2.57 bits per heavy atom. The fraction of sp³-hybridized carbons (Fsp3) is 0.211. The molecule has 2 aromatic carbocycles. The maximum Gasteiger partial charge on any atom is 0.251 e. The van der Waals surface area contributed by atoms with Crippen molar-refractivity contribution >= 4 is 21.6 Å². The van der Waals surface area contributed by atoms with Crippen LogP contribution < -0.4 is 9.62 Å². The number of benzene rings is 2. The first-order valence-corrected chi connectivity index (χ1v) is 10.3. The second kappa shape index (κ2) is 7.81. The molecule has 0 unspecified atom stereocenters. The van der Waals surface area contributed by atoms with Crippen LogP contribution in [0.1, 0.15) is 21.8 Å². The number of hydrogen-bond donors (Lipinski definition) is 1. The lowest BCUT2D eigenvalue weighted by Gasteiger charge is -2.17. The smallest absolute Gasteiger partial charge is 0.251 e. The normalized spacial score (nSPS) is 11.2. The van der Waals surface area contributed by atoms with Crippen LogP contribution in [0.2, 0.25) is 0 Å². The van der Waals surface area contributed by atoms with Gasteiger partial charge in [0.25, 0.3) is 5.91 Å². The molecule has 9 heteroatoms. The highest BCUT2D eigenvalue weighted by Gasteiger charge is 2.15. The lowest BCUT2D eigenvalue weighted by molar-refractivity contribution is 0.0946. The molecule has 3 rings (SSSR count). The molecule has 0 atom stereocenters. The van der Waals surface area contributed by atoms with Crippen LogP contribution in [0, 0.1) is 6.92 Å². The highest BCUT2D eigenvalue weighted by molar-refractivity contribution is 7.92. The lowest BCUT2D eigenvalue weighted by atomic mass is 10.1. The Morgan fingerprint density at radius 2 is 1.89 bits per heavy atom. The van der Waals surface area contributed by atoms with Crippen LogP contribution in [-0.2, 0) is 16.6 Å². The van der Waals surface area contributed by atoms with E-state index in [-0.39, 0.29) is 18.3 Å². The number of aromatic nitrogens is 2. The summed E-state index contributed by atoms with van der Waals surface area (Å²) in [5.74, 6) is 0.341. The van der Waals surface area contributed by atoms with Crippen molar-refractivity contribution in [3.8, 4) is 11.4 Å². The van der Waals surface area contributed by atoms with Gasteiger partial charge in [0.05, 0.1) is 18.5 Å². The Bertz CT molecular complexity index is 1090. The van der Waals surface area contributed by atoms with Gasteiger partial charge in [0.2, 0.25) is 21.7 Å². The minimum Gasteiger partial charge on any atom is -0.343 e. The standard InChI is InChI=1S/C19H20N4O4S/c1-13-7-9-14(10-8-13)18-21-17(27-22-18)12-20-19(24)15-5-4-6-16(11-15)23(2)28(3,25)26/h4-11H,12H2,1-3H3,(H,20,24). The molecule has 0 saturated carbocycles. The van der Waals surface area contributed by atoms with Crippen molar-refractivity contribution in [3.05, 3.63) is 65.5 Å². The molecule has 1 N–H and O–H groups in total. The molecular formula is C19H20N4O4S. The van der Waals surface area contributed by atoms with Crippen LogP contribution in [-0.4, -0.2) is 37.8 Å². The van der Waals surface area contributed by atoms with Crippen LogP contribution in [0.3, 0.4) is 0 Å². The van der Waals surface area contributed by atoms with E-state index in [2.05, 4.69) is 15.5 Å². The fourth-order valence-electron chi connectivity index (χ4n) is 2.44. The average molecular weight is 400 g/mol. The van der Waals surface area contributed by atoms with E-state index >= 15 is 0 Å². The highest BCUT2D eigenvalue weighted by atomic mass is 32.2. The van der Waals surface area contributed by atoms with Crippen LogP contribution in [0.4, 0.5) is 5.69 Å². The molecule has 8 nitrogen and oxygen atoms in total. The van der Waals surface area contributed by atoms with Crippen LogP contribution in [0.5, 0.6) is 0 Å². The van der Waals surface area contributed by atoms with Crippen molar-refractivity contribution in [1.82, 2.24) is 15.5 Å². The van der Waals surface area contributed by atoms with Gasteiger partial charge in [-0.05, 0) is 25.1 Å². The van der Waals surface area contributed by atoms with Gasteiger partial charge in [-0.3, -0.25) is 9.10 Å². The maximum atomic E-state index is 12.4. The summed E-state index contributed by atoms with van der Waals surface area (Å²) >= 11 is 0. The van der Waals surface area contributed by atoms with Crippen LogP contribution in [0.25, 0.3) is 11.4 Å². The van der Waals surface area contributed by atoms with E-state index in [1.54, 1.807) is 18.2 Å². The SMILES string of the molecule is Cc1ccc(-c2noc(CNC(=O)c3cccc(N(C)S(C)(=O)=O)c3)n2)cc1. The first kappa shape index (κ1) is 19.6. The Hall–Kier alpha value is -3.20. The van der Waals surface area contributed by atoms with E-state index in [1.807, 2.05) is 31.2 Å². The number of hydrogen-bond acceptors (Lipinski definition) is 6. The van der Waals surface area contributed by atoms with Gasteiger partial charge < -0.3 is 9.84 Å². The van der Waals surface area contributed by atoms with Crippen molar-refractivity contribution in [3.63, 3.8) is 0 Å². The van der Waals surface area contributed by atoms with Crippen molar-refractivity contribution in [2.45, 2.75) is 13.5 Å². The molecule has 0 fully saturated rings. The van der Waals surface area contributed by atoms with Crippen molar-refractivity contribution in [2.24, 2.45) is 0 Å². The molecule has 0 aliphatic heterocycles. The molecule has 1 amide bonds. The number of nitrogens with one attached hydrogen (secondary N) is 1. The van der Waals surface area contributed by atoms with Gasteiger partial charge in [-0.15, -0.1) is 0 Å². The third-order valence-corrected chi connectivity index (χ3v) is 5.35. The van der Waals surface area contributed by atoms with E-state index in [0.717, 1.165) is 21.7 Å². The first-order chi connectivity index (χ1) is 13.2. The Morgan fingerprint density at radius 1 is 1.18 bits per heavy atom. The zero-order valence-electron chi connectivity index (χ0n) is 15.7. The molecule has 146 valence electrons. The molecule has 0 spiro atoms. The minimum atomic E-state index is -3.41. The molecule has 1 heterocycles. The van der Waals surface area contributed by atoms with Gasteiger partial charge in [0.1, 0.15) is 0 Å². The third-order valence-electron chi connectivity index (χ3n) is 4.15. The van der Waals surface area contributed by atoms with Crippen molar-refractivity contribution in [2.75, 3.05) is 17.6 Å². The number of sulfonamides is 1. The number of carbonyl (C=O) groups is 1. The van der Waals surface area contributed by atoms with Gasteiger partial charge in [0.15, 0.2) is 0 Å². The molecule has 1 aromatic heterocycles. The fourth-order valence-corrected chi connectivity index (χ4v) is 2.94. The summed E-state index contributed by atoms with van der Waals surface area (Å²) in [5.41, 5.74) is 2.67. The zero-order chi connectivity index (χ0) is 20.3. The van der Waals surface area contributed by atoms with E-state index in [0.29, 0.717) is 17.1 Å². The second-order valence-electron chi connectivity index (χ2n) is 6.34. The number of rotatable bonds is 6. The summed E-state index contributed by atoms with van der Waals surface area (Å²) in [7, 11) is -1.98. The summed E-state index contributed by atoms with van der Waals surface area (Å²) in [6.07, 6.45) is 1.10. The highest BCUT2D eigenvalue weighted by Crippen LogP contribution is 2.18. The van der Waals surface area contributed by atoms with E-state index < -0.39 is 10.0 Å². The minimum absolute atomic E-state index is 0.0594. The number of nitrogens with zero attached hydrogens (tertiary/aromatic N) is 3. The summed E-state index contributed by atoms with van der Waals surface area (Å²) < 4.78 is 29.6.